The van der Waals surface area contributed by atoms with Gasteiger partial charge in [0.1, 0.15) is 0 Å². The van der Waals surface area contributed by atoms with E-state index in [2.05, 4.69) is 9.71 Å². The molecule has 0 aliphatic rings. The summed E-state index contributed by atoms with van der Waals surface area (Å²) in [6, 6.07) is 4.07. The van der Waals surface area contributed by atoms with Crippen molar-refractivity contribution < 1.29 is 22.7 Å². The number of hydrogen-bond acceptors (Lipinski definition) is 6. The standard InChI is InChI=1S/C11H14N2O6S/c14-4-6-18-5-3-12-20(16,17)8-1-2-10-9(7-8)13-11(15)19-10/h1-2,7,12,14H,3-6H2,(H,13,15). The maximum atomic E-state index is 12.0. The number of H-pyrrole nitrogens is 1. The Morgan fingerprint density at radius 2 is 2.15 bits per heavy atom. The van der Waals surface area contributed by atoms with Crippen LogP contribution in [-0.2, 0) is 14.8 Å². The van der Waals surface area contributed by atoms with Crippen LogP contribution in [0.4, 0.5) is 0 Å². The van der Waals surface area contributed by atoms with Crippen molar-refractivity contribution in [3.05, 3.63) is 28.7 Å². The van der Waals surface area contributed by atoms with Gasteiger partial charge in [0.25, 0.3) is 0 Å². The lowest BCUT2D eigenvalue weighted by Crippen LogP contribution is -2.27. The summed E-state index contributed by atoms with van der Waals surface area (Å²) in [5.74, 6) is -0.639. The first-order valence-corrected chi connectivity index (χ1v) is 7.32. The van der Waals surface area contributed by atoms with E-state index >= 15 is 0 Å². The van der Waals surface area contributed by atoms with Gasteiger partial charge in [-0.3, -0.25) is 4.98 Å². The zero-order chi connectivity index (χ0) is 14.6. The topological polar surface area (TPSA) is 122 Å². The average molecular weight is 302 g/mol. The number of benzene rings is 1. The van der Waals surface area contributed by atoms with E-state index < -0.39 is 15.8 Å². The molecule has 3 N–H and O–H groups in total. The number of aliphatic hydroxyl groups excluding tert-OH is 1. The number of nitrogens with one attached hydrogen (secondary N) is 2. The van der Waals surface area contributed by atoms with Gasteiger partial charge in [0.2, 0.25) is 10.0 Å². The van der Waals surface area contributed by atoms with Gasteiger partial charge in [0.05, 0.1) is 30.2 Å². The van der Waals surface area contributed by atoms with Crippen LogP contribution in [0.5, 0.6) is 0 Å². The van der Waals surface area contributed by atoms with Gasteiger partial charge < -0.3 is 14.3 Å². The number of aromatic nitrogens is 1. The first-order chi connectivity index (χ1) is 9.53. The van der Waals surface area contributed by atoms with Crippen molar-refractivity contribution >= 4 is 21.1 Å². The SMILES string of the molecule is O=c1[nH]c2cc(S(=O)(=O)NCCOCCO)ccc2o1. The maximum Gasteiger partial charge on any atom is 0.417 e. The van der Waals surface area contributed by atoms with Crippen LogP contribution >= 0.6 is 0 Å². The minimum Gasteiger partial charge on any atom is -0.408 e. The Kier molecular flexibility index (Phi) is 4.55. The van der Waals surface area contributed by atoms with Crippen LogP contribution in [0.2, 0.25) is 0 Å². The third-order valence-corrected chi connectivity index (χ3v) is 3.93. The minimum absolute atomic E-state index is 0.0178. The average Bonchev–Trinajstić information content (AvgIpc) is 2.77. The summed E-state index contributed by atoms with van der Waals surface area (Å²) in [7, 11) is -3.69. The summed E-state index contributed by atoms with van der Waals surface area (Å²) in [6.07, 6.45) is 0. The lowest BCUT2D eigenvalue weighted by atomic mass is 10.3. The van der Waals surface area contributed by atoms with E-state index in [0.717, 1.165) is 0 Å². The molecule has 9 heteroatoms. The zero-order valence-electron chi connectivity index (χ0n) is 10.5. The number of aliphatic hydroxyl groups is 1. The molecule has 0 bridgehead atoms. The van der Waals surface area contributed by atoms with E-state index in [0.29, 0.717) is 11.1 Å². The van der Waals surface area contributed by atoms with Gasteiger partial charge in [-0.2, -0.15) is 0 Å². The normalized spacial score (nSPS) is 12.1. The molecule has 2 aromatic rings. The highest BCUT2D eigenvalue weighted by atomic mass is 32.2. The highest BCUT2D eigenvalue weighted by Crippen LogP contribution is 2.16. The van der Waals surface area contributed by atoms with E-state index in [9.17, 15) is 13.2 Å². The molecule has 0 saturated carbocycles. The van der Waals surface area contributed by atoms with E-state index in [1.807, 2.05) is 0 Å². The largest absolute Gasteiger partial charge is 0.417 e. The second kappa shape index (κ2) is 6.18. The third-order valence-electron chi connectivity index (χ3n) is 2.47. The molecule has 0 spiro atoms. The number of ether oxygens (including phenoxy) is 1. The van der Waals surface area contributed by atoms with Crippen molar-refractivity contribution in [2.75, 3.05) is 26.4 Å². The molecule has 0 fully saturated rings. The Morgan fingerprint density at radius 1 is 1.35 bits per heavy atom. The number of oxazole rings is 1. The van der Waals surface area contributed by atoms with Gasteiger partial charge >= 0.3 is 5.76 Å². The Hall–Kier alpha value is -1.68. The van der Waals surface area contributed by atoms with Crippen LogP contribution in [-0.4, -0.2) is 44.9 Å². The zero-order valence-corrected chi connectivity index (χ0v) is 11.3. The number of hydrogen-bond donors (Lipinski definition) is 3. The molecule has 0 aliphatic carbocycles. The summed E-state index contributed by atoms with van der Waals surface area (Å²) in [5.41, 5.74) is 0.606. The van der Waals surface area contributed by atoms with E-state index in [-0.39, 0.29) is 31.3 Å². The predicted octanol–water partition coefficient (Wildman–Crippen LogP) is -0.592. The monoisotopic (exact) mass is 302 g/mol. The highest BCUT2D eigenvalue weighted by Gasteiger charge is 2.15. The van der Waals surface area contributed by atoms with Crippen LogP contribution in [0.25, 0.3) is 11.1 Å². The molecule has 1 aromatic carbocycles. The molecular formula is C11H14N2O6S. The van der Waals surface area contributed by atoms with Gasteiger partial charge in [0.15, 0.2) is 5.58 Å². The molecule has 1 aromatic heterocycles. The fraction of sp³-hybridized carbons (Fsp3) is 0.364. The van der Waals surface area contributed by atoms with Gasteiger partial charge in [-0.1, -0.05) is 0 Å². The summed E-state index contributed by atoms with van der Waals surface area (Å²) < 4.78 is 36.0. The van der Waals surface area contributed by atoms with Crippen molar-refractivity contribution in [2.24, 2.45) is 0 Å². The van der Waals surface area contributed by atoms with E-state index in [1.165, 1.54) is 18.2 Å². The Bertz CT molecular complexity index is 733. The second-order valence-electron chi connectivity index (χ2n) is 3.91. The van der Waals surface area contributed by atoms with Crippen LogP contribution in [0, 0.1) is 0 Å². The maximum absolute atomic E-state index is 12.0. The Morgan fingerprint density at radius 3 is 2.90 bits per heavy atom. The lowest BCUT2D eigenvalue weighted by Gasteiger charge is -2.06. The number of fused-ring (bicyclic) bond motifs is 1. The van der Waals surface area contributed by atoms with E-state index in [1.54, 1.807) is 0 Å². The number of rotatable bonds is 7. The fourth-order valence-electron chi connectivity index (χ4n) is 1.60. The Labute approximate surface area is 114 Å². The Balaban J connectivity index is 2.08. The molecule has 1 heterocycles. The molecule has 0 aliphatic heterocycles. The smallest absolute Gasteiger partial charge is 0.408 e. The molecule has 2 rings (SSSR count). The van der Waals surface area contributed by atoms with Gasteiger partial charge in [-0.05, 0) is 18.2 Å². The molecule has 8 nitrogen and oxygen atoms in total. The number of sulfonamides is 1. The van der Waals surface area contributed by atoms with Gasteiger partial charge in [-0.25, -0.2) is 17.9 Å². The molecule has 0 atom stereocenters. The van der Waals surface area contributed by atoms with Crippen LogP contribution < -0.4 is 10.5 Å². The van der Waals surface area contributed by atoms with Crippen LogP contribution in [0.1, 0.15) is 0 Å². The third kappa shape index (κ3) is 3.45. The fourth-order valence-corrected chi connectivity index (χ4v) is 2.64. The van der Waals surface area contributed by atoms with Gasteiger partial charge in [-0.15, -0.1) is 0 Å². The highest BCUT2D eigenvalue weighted by molar-refractivity contribution is 7.89. The quantitative estimate of drug-likeness (QED) is 0.588. The molecular weight excluding hydrogens is 288 g/mol. The summed E-state index contributed by atoms with van der Waals surface area (Å²) in [5, 5.41) is 8.50. The summed E-state index contributed by atoms with van der Waals surface area (Å²) in [6.45, 7) is 0.286. The summed E-state index contributed by atoms with van der Waals surface area (Å²) in [4.78, 5) is 13.4. The summed E-state index contributed by atoms with van der Waals surface area (Å²) >= 11 is 0. The first-order valence-electron chi connectivity index (χ1n) is 5.84. The molecule has 0 saturated heterocycles. The molecule has 0 amide bonds. The minimum atomic E-state index is -3.69. The first kappa shape index (κ1) is 14.7. The van der Waals surface area contributed by atoms with Crippen molar-refractivity contribution in [3.8, 4) is 0 Å². The van der Waals surface area contributed by atoms with Crippen molar-refractivity contribution in [3.63, 3.8) is 0 Å². The molecule has 0 unspecified atom stereocenters. The van der Waals surface area contributed by atoms with Crippen molar-refractivity contribution in [1.82, 2.24) is 9.71 Å². The van der Waals surface area contributed by atoms with Crippen LogP contribution in [0.3, 0.4) is 0 Å². The van der Waals surface area contributed by atoms with Gasteiger partial charge in [0, 0.05) is 6.54 Å². The number of aromatic amines is 1. The predicted molar refractivity (Wildman–Crippen MR) is 69.9 cm³/mol. The van der Waals surface area contributed by atoms with E-state index in [4.69, 9.17) is 14.3 Å². The molecule has 110 valence electrons. The van der Waals surface area contributed by atoms with Crippen molar-refractivity contribution in [2.45, 2.75) is 4.90 Å². The lowest BCUT2D eigenvalue weighted by molar-refractivity contribution is 0.0961. The molecule has 0 radical (unpaired) electrons. The van der Waals surface area contributed by atoms with Crippen molar-refractivity contribution in [1.29, 1.82) is 0 Å². The van der Waals surface area contributed by atoms with Crippen LogP contribution in [0.15, 0.2) is 32.3 Å². The second-order valence-corrected chi connectivity index (χ2v) is 5.67. The molecule has 20 heavy (non-hydrogen) atoms.